The third-order valence-electron chi connectivity index (χ3n) is 5.83. The van der Waals surface area contributed by atoms with Crippen molar-refractivity contribution >= 4 is 45.6 Å². The normalized spacial score (nSPS) is 10.8. The fourth-order valence-corrected chi connectivity index (χ4v) is 4.70. The van der Waals surface area contributed by atoms with E-state index in [1.165, 1.54) is 11.1 Å². The number of thiazole rings is 1. The standard InChI is InChI=1S/C28H26ClN3O3S/c1-18-6-11-24(14-19(18)2)32(28-31-25(17-36-28)22-4-3-5-23(29)15-22)16-20-7-9-21(10-8-20)27(35)30-13-12-26(33)34/h3-11,14-15,17H,12-13,16H2,1-2H3,(H,30,35)(H,33,34). The Balaban J connectivity index is 1.59. The highest BCUT2D eigenvalue weighted by molar-refractivity contribution is 7.14. The largest absolute Gasteiger partial charge is 0.481 e. The molecular formula is C28H26ClN3O3S. The van der Waals surface area contributed by atoms with Crippen LogP contribution in [0.4, 0.5) is 10.8 Å². The number of nitrogens with zero attached hydrogens (tertiary/aromatic N) is 2. The predicted octanol–water partition coefficient (Wildman–Crippen LogP) is 6.62. The predicted molar refractivity (Wildman–Crippen MR) is 145 cm³/mol. The molecule has 0 atom stereocenters. The second-order valence-electron chi connectivity index (χ2n) is 8.48. The third-order valence-corrected chi connectivity index (χ3v) is 6.93. The Morgan fingerprint density at radius 2 is 1.81 bits per heavy atom. The Morgan fingerprint density at radius 1 is 1.03 bits per heavy atom. The molecule has 0 aliphatic carbocycles. The van der Waals surface area contributed by atoms with E-state index in [4.69, 9.17) is 21.7 Å². The Morgan fingerprint density at radius 3 is 2.50 bits per heavy atom. The van der Waals surface area contributed by atoms with Crippen LogP contribution in [-0.4, -0.2) is 28.5 Å². The van der Waals surface area contributed by atoms with Crippen molar-refractivity contribution in [3.05, 3.63) is 99.4 Å². The lowest BCUT2D eigenvalue weighted by molar-refractivity contribution is -0.136. The van der Waals surface area contributed by atoms with Crippen LogP contribution < -0.4 is 10.2 Å². The molecule has 1 amide bonds. The first kappa shape index (κ1) is 25.4. The molecule has 0 radical (unpaired) electrons. The highest BCUT2D eigenvalue weighted by Gasteiger charge is 2.17. The molecule has 1 heterocycles. The number of carboxylic acids is 1. The zero-order valence-electron chi connectivity index (χ0n) is 20.0. The van der Waals surface area contributed by atoms with E-state index in [9.17, 15) is 9.59 Å². The van der Waals surface area contributed by atoms with E-state index in [1.807, 2.05) is 41.8 Å². The molecule has 4 aromatic rings. The summed E-state index contributed by atoms with van der Waals surface area (Å²) in [5.41, 5.74) is 6.76. The number of benzene rings is 3. The molecule has 0 saturated carbocycles. The Hall–Kier alpha value is -3.68. The number of aryl methyl sites for hydroxylation is 2. The SMILES string of the molecule is Cc1ccc(N(Cc2ccc(C(=O)NCCC(=O)O)cc2)c2nc(-c3cccc(Cl)c3)cs2)cc1C. The van der Waals surface area contributed by atoms with Crippen molar-refractivity contribution < 1.29 is 14.7 Å². The van der Waals surface area contributed by atoms with Crippen LogP contribution in [0.25, 0.3) is 11.3 Å². The first-order chi connectivity index (χ1) is 17.3. The number of carboxylic acid groups (broad SMARTS) is 1. The highest BCUT2D eigenvalue weighted by Crippen LogP contribution is 2.34. The lowest BCUT2D eigenvalue weighted by atomic mass is 10.1. The first-order valence-electron chi connectivity index (χ1n) is 11.5. The third kappa shape index (κ3) is 6.30. The second-order valence-corrected chi connectivity index (χ2v) is 9.75. The summed E-state index contributed by atoms with van der Waals surface area (Å²) in [7, 11) is 0. The molecule has 4 rings (SSSR count). The summed E-state index contributed by atoms with van der Waals surface area (Å²) in [5.74, 6) is -1.24. The molecule has 0 unspecified atom stereocenters. The molecule has 0 aliphatic rings. The highest BCUT2D eigenvalue weighted by atomic mass is 35.5. The number of hydrogen-bond acceptors (Lipinski definition) is 5. The van der Waals surface area contributed by atoms with Crippen molar-refractivity contribution in [2.45, 2.75) is 26.8 Å². The minimum absolute atomic E-state index is 0.0927. The molecule has 0 fully saturated rings. The molecule has 8 heteroatoms. The van der Waals surface area contributed by atoms with E-state index in [0.29, 0.717) is 17.1 Å². The summed E-state index contributed by atoms with van der Waals surface area (Å²) in [6.07, 6.45) is -0.111. The van der Waals surface area contributed by atoms with E-state index in [1.54, 1.807) is 23.5 Å². The number of carbonyl (C=O) groups is 2. The van der Waals surface area contributed by atoms with Gasteiger partial charge in [0.25, 0.3) is 5.91 Å². The molecule has 1 aromatic heterocycles. The Bertz CT molecular complexity index is 1390. The number of aliphatic carboxylic acids is 1. The van der Waals surface area contributed by atoms with Crippen LogP contribution >= 0.6 is 22.9 Å². The van der Waals surface area contributed by atoms with Gasteiger partial charge in [0.15, 0.2) is 5.13 Å². The zero-order valence-corrected chi connectivity index (χ0v) is 21.6. The summed E-state index contributed by atoms with van der Waals surface area (Å²) >= 11 is 7.75. The van der Waals surface area contributed by atoms with Crippen molar-refractivity contribution in [1.29, 1.82) is 0 Å². The van der Waals surface area contributed by atoms with E-state index in [0.717, 1.165) is 27.6 Å². The maximum absolute atomic E-state index is 12.3. The van der Waals surface area contributed by atoms with Gasteiger partial charge in [0.1, 0.15) is 0 Å². The molecule has 184 valence electrons. The van der Waals surface area contributed by atoms with Crippen LogP contribution in [0.5, 0.6) is 0 Å². The minimum atomic E-state index is -0.946. The summed E-state index contributed by atoms with van der Waals surface area (Å²) in [6.45, 7) is 4.83. The summed E-state index contributed by atoms with van der Waals surface area (Å²) in [6, 6.07) is 21.3. The van der Waals surface area contributed by atoms with Gasteiger partial charge in [-0.25, -0.2) is 4.98 Å². The van der Waals surface area contributed by atoms with Crippen LogP contribution in [0, 0.1) is 13.8 Å². The summed E-state index contributed by atoms with van der Waals surface area (Å²) in [5, 5.41) is 14.9. The number of rotatable bonds is 9. The Labute approximate surface area is 219 Å². The van der Waals surface area contributed by atoms with Crippen LogP contribution in [0.3, 0.4) is 0 Å². The van der Waals surface area contributed by atoms with Crippen LogP contribution in [0.1, 0.15) is 33.5 Å². The average Bonchev–Trinajstić information content (AvgIpc) is 3.34. The maximum Gasteiger partial charge on any atom is 0.305 e. The fraction of sp³-hybridized carbons (Fsp3) is 0.179. The lowest BCUT2D eigenvalue weighted by Gasteiger charge is -2.23. The van der Waals surface area contributed by atoms with Crippen molar-refractivity contribution in [3.8, 4) is 11.3 Å². The van der Waals surface area contributed by atoms with Gasteiger partial charge in [-0.15, -0.1) is 11.3 Å². The van der Waals surface area contributed by atoms with E-state index < -0.39 is 5.97 Å². The molecular weight excluding hydrogens is 494 g/mol. The fourth-order valence-electron chi connectivity index (χ4n) is 3.66. The quantitative estimate of drug-likeness (QED) is 0.259. The van der Waals surface area contributed by atoms with Crippen molar-refractivity contribution in [2.75, 3.05) is 11.4 Å². The van der Waals surface area contributed by atoms with Gasteiger partial charge in [0.05, 0.1) is 18.7 Å². The van der Waals surface area contributed by atoms with Crippen LogP contribution in [0.2, 0.25) is 5.02 Å². The van der Waals surface area contributed by atoms with Gasteiger partial charge in [-0.3, -0.25) is 9.59 Å². The topological polar surface area (TPSA) is 82.5 Å². The van der Waals surface area contributed by atoms with Gasteiger partial charge in [0, 0.05) is 33.8 Å². The van der Waals surface area contributed by atoms with Crippen molar-refractivity contribution in [3.63, 3.8) is 0 Å². The molecule has 0 bridgehead atoms. The molecule has 0 aliphatic heterocycles. The molecule has 3 aromatic carbocycles. The van der Waals surface area contributed by atoms with Gasteiger partial charge >= 0.3 is 5.97 Å². The van der Waals surface area contributed by atoms with Gasteiger partial charge in [-0.1, -0.05) is 41.9 Å². The number of halogens is 1. The van der Waals surface area contributed by atoms with E-state index >= 15 is 0 Å². The Kier molecular flexibility index (Phi) is 8.03. The van der Waals surface area contributed by atoms with Gasteiger partial charge in [-0.05, 0) is 66.9 Å². The molecule has 0 saturated heterocycles. The van der Waals surface area contributed by atoms with E-state index in [-0.39, 0.29) is 18.9 Å². The van der Waals surface area contributed by atoms with Gasteiger partial charge in [-0.2, -0.15) is 0 Å². The van der Waals surface area contributed by atoms with Crippen LogP contribution in [-0.2, 0) is 11.3 Å². The number of amides is 1. The van der Waals surface area contributed by atoms with Crippen LogP contribution in [0.15, 0.2) is 72.1 Å². The molecule has 36 heavy (non-hydrogen) atoms. The zero-order chi connectivity index (χ0) is 25.7. The molecule has 6 nitrogen and oxygen atoms in total. The molecule has 2 N–H and O–H groups in total. The summed E-state index contributed by atoms with van der Waals surface area (Å²) in [4.78, 5) is 30.0. The smallest absolute Gasteiger partial charge is 0.305 e. The number of nitrogens with one attached hydrogen (secondary N) is 1. The van der Waals surface area contributed by atoms with Gasteiger partial charge < -0.3 is 15.3 Å². The first-order valence-corrected chi connectivity index (χ1v) is 12.7. The monoisotopic (exact) mass is 519 g/mol. The number of anilines is 2. The lowest BCUT2D eigenvalue weighted by Crippen LogP contribution is -2.26. The second kappa shape index (κ2) is 11.4. The molecule has 0 spiro atoms. The average molecular weight is 520 g/mol. The minimum Gasteiger partial charge on any atom is -0.481 e. The van der Waals surface area contributed by atoms with Crippen molar-refractivity contribution in [2.24, 2.45) is 0 Å². The number of carbonyl (C=O) groups excluding carboxylic acids is 1. The number of aromatic nitrogens is 1. The summed E-state index contributed by atoms with van der Waals surface area (Å²) < 4.78 is 0. The maximum atomic E-state index is 12.3. The van der Waals surface area contributed by atoms with Crippen molar-refractivity contribution in [1.82, 2.24) is 10.3 Å². The van der Waals surface area contributed by atoms with Gasteiger partial charge in [0.2, 0.25) is 0 Å². The van der Waals surface area contributed by atoms with E-state index in [2.05, 4.69) is 42.3 Å². The number of hydrogen-bond donors (Lipinski definition) is 2.